The molecule has 0 saturated carbocycles. The molecule has 0 amide bonds. The second-order valence-corrected chi connectivity index (χ2v) is 10.0. The summed E-state index contributed by atoms with van der Waals surface area (Å²) in [4.78, 5) is 5.37. The lowest BCUT2D eigenvalue weighted by molar-refractivity contribution is 0.527. The summed E-state index contributed by atoms with van der Waals surface area (Å²) in [5.74, 6) is 0.902. The molecule has 0 saturated heterocycles. The summed E-state index contributed by atoms with van der Waals surface area (Å²) in [7, 11) is -1.37. The van der Waals surface area contributed by atoms with E-state index in [9.17, 15) is 8.60 Å². The van der Waals surface area contributed by atoms with Crippen LogP contribution in [-0.2, 0) is 16.6 Å². The topological polar surface area (TPSA) is 73.8 Å². The fourth-order valence-electron chi connectivity index (χ4n) is 4.09. The third kappa shape index (κ3) is 4.94. The molecule has 6 aromatic rings. The Morgan fingerprint density at radius 3 is 2.11 bits per heavy atom. The molecule has 186 valence electrons. The van der Waals surface area contributed by atoms with Crippen molar-refractivity contribution in [2.24, 2.45) is 0 Å². The Hall–Kier alpha value is -4.69. The van der Waals surface area contributed by atoms with Crippen molar-refractivity contribution in [1.29, 1.82) is 0 Å². The van der Waals surface area contributed by atoms with Gasteiger partial charge in [-0.2, -0.15) is 0 Å². The van der Waals surface area contributed by atoms with Crippen molar-refractivity contribution < 1.29 is 13.0 Å². The molecule has 0 aliphatic rings. The Morgan fingerprint density at radius 2 is 1.42 bits per heavy atom. The van der Waals surface area contributed by atoms with Gasteiger partial charge in [-0.3, -0.25) is 4.21 Å². The SMILES string of the molecule is O=S(Cc1nc(-c2ccccc2)c(-c2ccccc2)o1)c1ccc(-n2cc(-c3ccc(F)cc3)nn2)cc1. The van der Waals surface area contributed by atoms with E-state index < -0.39 is 10.8 Å². The van der Waals surface area contributed by atoms with Crippen LogP contribution in [0.1, 0.15) is 5.89 Å². The molecule has 0 fully saturated rings. The highest BCUT2D eigenvalue weighted by Gasteiger charge is 2.19. The van der Waals surface area contributed by atoms with Crippen LogP contribution in [0.5, 0.6) is 0 Å². The van der Waals surface area contributed by atoms with Crippen LogP contribution in [0.15, 0.2) is 125 Å². The minimum atomic E-state index is -1.37. The summed E-state index contributed by atoms with van der Waals surface area (Å²) in [6.07, 6.45) is 1.77. The van der Waals surface area contributed by atoms with Crippen molar-refractivity contribution in [3.8, 4) is 39.5 Å². The van der Waals surface area contributed by atoms with Crippen LogP contribution >= 0.6 is 0 Å². The number of oxazole rings is 1. The van der Waals surface area contributed by atoms with Gasteiger partial charge in [0.1, 0.15) is 23.0 Å². The van der Waals surface area contributed by atoms with Crippen molar-refractivity contribution in [2.75, 3.05) is 0 Å². The minimum absolute atomic E-state index is 0.143. The van der Waals surface area contributed by atoms with E-state index in [2.05, 4.69) is 10.3 Å². The number of hydrogen-bond donors (Lipinski definition) is 0. The first-order valence-corrected chi connectivity index (χ1v) is 13.2. The van der Waals surface area contributed by atoms with Crippen LogP contribution in [0.25, 0.3) is 39.5 Å². The van der Waals surface area contributed by atoms with Gasteiger partial charge in [-0.15, -0.1) is 5.10 Å². The number of hydrogen-bond acceptors (Lipinski definition) is 5. The molecule has 0 aliphatic carbocycles. The van der Waals surface area contributed by atoms with Crippen LogP contribution in [-0.4, -0.2) is 24.2 Å². The van der Waals surface area contributed by atoms with E-state index in [1.807, 2.05) is 72.8 Å². The highest BCUT2D eigenvalue weighted by atomic mass is 32.2. The maximum Gasteiger partial charge on any atom is 0.208 e. The third-order valence-electron chi connectivity index (χ3n) is 6.01. The van der Waals surface area contributed by atoms with Gasteiger partial charge in [-0.05, 0) is 48.5 Å². The van der Waals surface area contributed by atoms with E-state index in [0.29, 0.717) is 22.2 Å². The molecule has 0 N–H and O–H groups in total. The first-order chi connectivity index (χ1) is 18.6. The van der Waals surface area contributed by atoms with Crippen molar-refractivity contribution in [3.63, 3.8) is 0 Å². The first-order valence-electron chi connectivity index (χ1n) is 11.9. The number of benzene rings is 4. The van der Waals surface area contributed by atoms with E-state index in [0.717, 1.165) is 28.1 Å². The Labute approximate surface area is 220 Å². The van der Waals surface area contributed by atoms with E-state index >= 15 is 0 Å². The molecular weight excluding hydrogens is 499 g/mol. The lowest BCUT2D eigenvalue weighted by Crippen LogP contribution is -1.99. The van der Waals surface area contributed by atoms with Crippen LogP contribution < -0.4 is 0 Å². The lowest BCUT2D eigenvalue weighted by atomic mass is 10.1. The second kappa shape index (κ2) is 10.4. The molecule has 4 aromatic carbocycles. The molecule has 0 radical (unpaired) electrons. The summed E-state index contributed by atoms with van der Waals surface area (Å²) >= 11 is 0. The van der Waals surface area contributed by atoms with E-state index in [1.54, 1.807) is 35.1 Å². The lowest BCUT2D eigenvalue weighted by Gasteiger charge is -2.03. The van der Waals surface area contributed by atoms with Gasteiger partial charge in [-0.25, -0.2) is 14.1 Å². The summed E-state index contributed by atoms with van der Waals surface area (Å²) in [5, 5.41) is 8.35. The van der Waals surface area contributed by atoms with Gasteiger partial charge in [0.25, 0.3) is 0 Å². The maximum atomic E-state index is 13.2. The molecule has 8 heteroatoms. The number of rotatable bonds is 7. The molecule has 1 atom stereocenters. The molecule has 0 bridgehead atoms. The van der Waals surface area contributed by atoms with Gasteiger partial charge in [0.2, 0.25) is 5.89 Å². The molecule has 0 aliphatic heterocycles. The average molecular weight is 521 g/mol. The molecule has 1 unspecified atom stereocenters. The molecule has 38 heavy (non-hydrogen) atoms. The zero-order valence-electron chi connectivity index (χ0n) is 20.1. The van der Waals surface area contributed by atoms with Crippen molar-refractivity contribution in [1.82, 2.24) is 20.0 Å². The fourth-order valence-corrected chi connectivity index (χ4v) is 5.05. The second-order valence-electron chi connectivity index (χ2n) is 8.56. The standard InChI is InChI=1S/C30H21FN4O2S/c31-24-13-11-21(12-14-24)27-19-35(34-33-27)25-15-17-26(18-16-25)38(36)20-28-32-29(22-7-3-1-4-8-22)30(37-28)23-9-5-2-6-10-23/h1-19H,20H2. The van der Waals surface area contributed by atoms with Crippen LogP contribution in [0.2, 0.25) is 0 Å². The van der Waals surface area contributed by atoms with E-state index in [4.69, 9.17) is 9.40 Å². The van der Waals surface area contributed by atoms with Crippen LogP contribution in [0.3, 0.4) is 0 Å². The van der Waals surface area contributed by atoms with Crippen molar-refractivity contribution in [3.05, 3.63) is 127 Å². The van der Waals surface area contributed by atoms with Crippen LogP contribution in [0, 0.1) is 5.82 Å². The summed E-state index contributed by atoms with van der Waals surface area (Å²) < 4.78 is 34.2. The predicted octanol–water partition coefficient (Wildman–Crippen LogP) is 6.70. The third-order valence-corrected chi connectivity index (χ3v) is 7.31. The van der Waals surface area contributed by atoms with Gasteiger partial charge in [0, 0.05) is 21.6 Å². The zero-order chi connectivity index (χ0) is 25.9. The molecule has 6 rings (SSSR count). The quantitative estimate of drug-likeness (QED) is 0.234. The number of nitrogens with zero attached hydrogens (tertiary/aromatic N) is 4. The Morgan fingerprint density at radius 1 is 0.763 bits per heavy atom. The van der Waals surface area contributed by atoms with Gasteiger partial charge in [0.15, 0.2) is 5.76 Å². The first kappa shape index (κ1) is 23.7. The van der Waals surface area contributed by atoms with Gasteiger partial charge in [0.05, 0.1) is 22.7 Å². The number of aromatic nitrogens is 4. The highest BCUT2D eigenvalue weighted by Crippen LogP contribution is 2.33. The largest absolute Gasteiger partial charge is 0.439 e. The molecule has 2 heterocycles. The molecular formula is C30H21FN4O2S. The Kier molecular flexibility index (Phi) is 6.46. The van der Waals surface area contributed by atoms with Gasteiger partial charge >= 0.3 is 0 Å². The smallest absolute Gasteiger partial charge is 0.208 e. The highest BCUT2D eigenvalue weighted by molar-refractivity contribution is 7.84. The van der Waals surface area contributed by atoms with Gasteiger partial charge in [-0.1, -0.05) is 65.9 Å². The monoisotopic (exact) mass is 520 g/mol. The van der Waals surface area contributed by atoms with E-state index in [-0.39, 0.29) is 11.6 Å². The summed E-state index contributed by atoms with van der Waals surface area (Å²) in [5.41, 5.74) is 4.73. The summed E-state index contributed by atoms with van der Waals surface area (Å²) in [6, 6.07) is 33.0. The molecule has 0 spiro atoms. The average Bonchev–Trinajstić information content (AvgIpc) is 3.63. The molecule has 6 nitrogen and oxygen atoms in total. The molecule has 2 aromatic heterocycles. The number of halogens is 1. The Balaban J connectivity index is 1.22. The fraction of sp³-hybridized carbons (Fsp3) is 0.0333. The normalized spacial score (nSPS) is 11.9. The van der Waals surface area contributed by atoms with Crippen LogP contribution in [0.4, 0.5) is 4.39 Å². The zero-order valence-corrected chi connectivity index (χ0v) is 20.9. The predicted molar refractivity (Wildman–Crippen MR) is 144 cm³/mol. The van der Waals surface area contributed by atoms with E-state index in [1.165, 1.54) is 12.1 Å². The van der Waals surface area contributed by atoms with Crippen molar-refractivity contribution in [2.45, 2.75) is 10.6 Å². The minimum Gasteiger partial charge on any atom is -0.439 e. The van der Waals surface area contributed by atoms with Crippen molar-refractivity contribution >= 4 is 10.8 Å². The summed E-state index contributed by atoms with van der Waals surface area (Å²) in [6.45, 7) is 0. The Bertz CT molecular complexity index is 1640. The van der Waals surface area contributed by atoms with Gasteiger partial charge < -0.3 is 4.42 Å². The maximum absolute atomic E-state index is 13.2.